The van der Waals surface area contributed by atoms with Crippen LogP contribution in [-0.2, 0) is 20.1 Å². The first-order chi connectivity index (χ1) is 14.0. The van der Waals surface area contributed by atoms with Gasteiger partial charge in [-0.05, 0) is 31.9 Å². The van der Waals surface area contributed by atoms with Gasteiger partial charge in [-0.3, -0.25) is 0 Å². The number of ether oxygens (including phenoxy) is 2. The molecule has 0 amide bonds. The van der Waals surface area contributed by atoms with Crippen molar-refractivity contribution >= 4 is 5.96 Å². The van der Waals surface area contributed by atoms with Crippen molar-refractivity contribution < 1.29 is 9.47 Å². The number of nitrogens with one attached hydrogen (secondary N) is 1. The third kappa shape index (κ3) is 5.19. The molecule has 0 saturated heterocycles. The van der Waals surface area contributed by atoms with E-state index in [4.69, 9.17) is 14.5 Å². The highest BCUT2D eigenvalue weighted by atomic mass is 16.5. The number of aromatic nitrogens is 3. The summed E-state index contributed by atoms with van der Waals surface area (Å²) in [4.78, 5) is 6.99. The molecule has 1 aromatic carbocycles. The molecule has 29 heavy (non-hydrogen) atoms. The average Bonchev–Trinajstić information content (AvgIpc) is 3.36. The standard InChI is InChI=1S/C21H32N6O2/c1-15-24-25-20(27(15)3)13-22-21(23-17-8-6-7-9-17)26(2)14-16-10-11-18(28-4)12-19(16)29-5/h10-12,17H,6-9,13-14H2,1-5H3,(H,22,23). The highest BCUT2D eigenvalue weighted by Gasteiger charge is 2.19. The van der Waals surface area contributed by atoms with Crippen LogP contribution in [0, 0.1) is 6.92 Å². The molecule has 0 radical (unpaired) electrons. The number of benzene rings is 1. The Balaban J connectivity index is 1.79. The molecule has 1 aliphatic carbocycles. The van der Waals surface area contributed by atoms with Gasteiger partial charge in [0.05, 0.1) is 14.2 Å². The lowest BCUT2D eigenvalue weighted by Gasteiger charge is -2.26. The maximum atomic E-state index is 5.56. The zero-order valence-electron chi connectivity index (χ0n) is 18.1. The minimum atomic E-state index is 0.468. The number of hydrogen-bond donors (Lipinski definition) is 1. The number of methoxy groups -OCH3 is 2. The predicted octanol–water partition coefficient (Wildman–Crippen LogP) is 2.66. The third-order valence-corrected chi connectivity index (χ3v) is 5.50. The van der Waals surface area contributed by atoms with E-state index in [1.165, 1.54) is 25.7 Å². The summed E-state index contributed by atoms with van der Waals surface area (Å²) in [6, 6.07) is 6.37. The molecule has 0 atom stereocenters. The molecule has 2 aromatic rings. The Morgan fingerprint density at radius 1 is 1.24 bits per heavy atom. The molecule has 8 heteroatoms. The summed E-state index contributed by atoms with van der Waals surface area (Å²) < 4.78 is 12.8. The zero-order valence-corrected chi connectivity index (χ0v) is 18.1. The predicted molar refractivity (Wildman–Crippen MR) is 113 cm³/mol. The molecular weight excluding hydrogens is 368 g/mol. The molecule has 0 bridgehead atoms. The fourth-order valence-corrected chi connectivity index (χ4v) is 3.58. The fraction of sp³-hybridized carbons (Fsp3) is 0.571. The second-order valence-electron chi connectivity index (χ2n) is 7.52. The van der Waals surface area contributed by atoms with Gasteiger partial charge in [0.1, 0.15) is 23.9 Å². The van der Waals surface area contributed by atoms with Gasteiger partial charge in [-0.2, -0.15) is 0 Å². The van der Waals surface area contributed by atoms with Gasteiger partial charge in [0.2, 0.25) is 0 Å². The summed E-state index contributed by atoms with van der Waals surface area (Å²) in [6.45, 7) is 3.10. The van der Waals surface area contributed by atoms with Crippen molar-refractivity contribution in [2.45, 2.75) is 51.7 Å². The van der Waals surface area contributed by atoms with Crippen LogP contribution in [0.25, 0.3) is 0 Å². The first-order valence-electron chi connectivity index (χ1n) is 10.1. The monoisotopic (exact) mass is 400 g/mol. The van der Waals surface area contributed by atoms with Crippen molar-refractivity contribution in [3.05, 3.63) is 35.4 Å². The summed E-state index contributed by atoms with van der Waals surface area (Å²) in [5.74, 6) is 4.19. The summed E-state index contributed by atoms with van der Waals surface area (Å²) in [5.41, 5.74) is 1.08. The van der Waals surface area contributed by atoms with Crippen molar-refractivity contribution in [3.63, 3.8) is 0 Å². The fourth-order valence-electron chi connectivity index (χ4n) is 3.58. The molecule has 1 heterocycles. The van der Waals surface area contributed by atoms with E-state index >= 15 is 0 Å². The molecule has 1 aliphatic rings. The van der Waals surface area contributed by atoms with E-state index in [0.717, 1.165) is 34.7 Å². The van der Waals surface area contributed by atoms with Crippen LogP contribution >= 0.6 is 0 Å². The van der Waals surface area contributed by atoms with Crippen LogP contribution in [0.1, 0.15) is 42.9 Å². The van der Waals surface area contributed by atoms with Crippen molar-refractivity contribution in [1.82, 2.24) is 25.0 Å². The van der Waals surface area contributed by atoms with E-state index in [0.29, 0.717) is 19.1 Å². The van der Waals surface area contributed by atoms with Crippen molar-refractivity contribution in [1.29, 1.82) is 0 Å². The second kappa shape index (κ2) is 9.62. The van der Waals surface area contributed by atoms with Gasteiger partial charge >= 0.3 is 0 Å². The molecule has 1 N–H and O–H groups in total. The third-order valence-electron chi connectivity index (χ3n) is 5.50. The largest absolute Gasteiger partial charge is 0.497 e. The van der Waals surface area contributed by atoms with Crippen molar-refractivity contribution in [2.75, 3.05) is 21.3 Å². The first-order valence-corrected chi connectivity index (χ1v) is 10.1. The molecule has 1 saturated carbocycles. The first kappa shape index (κ1) is 21.0. The second-order valence-corrected chi connectivity index (χ2v) is 7.52. The minimum Gasteiger partial charge on any atom is -0.497 e. The van der Waals surface area contributed by atoms with E-state index < -0.39 is 0 Å². The summed E-state index contributed by atoms with van der Waals surface area (Å²) in [7, 11) is 7.36. The molecule has 1 aromatic heterocycles. The Bertz CT molecular complexity index is 842. The lowest BCUT2D eigenvalue weighted by Crippen LogP contribution is -2.43. The van der Waals surface area contributed by atoms with Crippen molar-refractivity contribution in [3.8, 4) is 11.5 Å². The summed E-state index contributed by atoms with van der Waals surface area (Å²) >= 11 is 0. The molecule has 0 spiro atoms. The molecule has 0 unspecified atom stereocenters. The van der Waals surface area contributed by atoms with Crippen LogP contribution < -0.4 is 14.8 Å². The van der Waals surface area contributed by atoms with Gasteiger partial charge in [-0.15, -0.1) is 10.2 Å². The van der Waals surface area contributed by atoms with E-state index in [1.807, 2.05) is 43.8 Å². The van der Waals surface area contributed by atoms with Gasteiger partial charge in [-0.1, -0.05) is 12.8 Å². The summed E-state index contributed by atoms with van der Waals surface area (Å²) in [5, 5.41) is 12.0. The Morgan fingerprint density at radius 2 is 2.00 bits per heavy atom. The van der Waals surface area contributed by atoms with Crippen LogP contribution in [-0.4, -0.2) is 52.9 Å². The van der Waals surface area contributed by atoms with E-state index in [1.54, 1.807) is 14.2 Å². The lowest BCUT2D eigenvalue weighted by molar-refractivity contribution is 0.381. The van der Waals surface area contributed by atoms with E-state index in [2.05, 4.69) is 20.4 Å². The van der Waals surface area contributed by atoms with Gasteiger partial charge in [0.25, 0.3) is 0 Å². The number of aliphatic imine (C=N–C) groups is 1. The number of hydrogen-bond acceptors (Lipinski definition) is 5. The van der Waals surface area contributed by atoms with Gasteiger partial charge in [0.15, 0.2) is 11.8 Å². The minimum absolute atomic E-state index is 0.468. The van der Waals surface area contributed by atoms with Crippen molar-refractivity contribution in [2.24, 2.45) is 12.0 Å². The number of nitrogens with zero attached hydrogens (tertiary/aromatic N) is 5. The highest BCUT2D eigenvalue weighted by molar-refractivity contribution is 5.80. The maximum absolute atomic E-state index is 5.56. The van der Waals surface area contributed by atoms with E-state index in [9.17, 15) is 0 Å². The van der Waals surface area contributed by atoms with Crippen LogP contribution in [0.15, 0.2) is 23.2 Å². The summed E-state index contributed by atoms with van der Waals surface area (Å²) in [6.07, 6.45) is 4.90. The molecule has 158 valence electrons. The van der Waals surface area contributed by atoms with Gasteiger partial charge in [-0.25, -0.2) is 4.99 Å². The van der Waals surface area contributed by atoms with E-state index in [-0.39, 0.29) is 0 Å². The normalized spacial score (nSPS) is 14.9. The Hall–Kier alpha value is -2.77. The maximum Gasteiger partial charge on any atom is 0.194 e. The number of rotatable bonds is 7. The average molecular weight is 401 g/mol. The molecule has 8 nitrogen and oxygen atoms in total. The van der Waals surface area contributed by atoms with Gasteiger partial charge < -0.3 is 24.3 Å². The Kier molecular flexibility index (Phi) is 6.95. The van der Waals surface area contributed by atoms with Crippen LogP contribution in [0.3, 0.4) is 0 Å². The Morgan fingerprint density at radius 3 is 2.62 bits per heavy atom. The molecule has 1 fully saturated rings. The SMILES string of the molecule is COc1ccc(CN(C)C(=NCc2nnc(C)n2C)NC2CCCC2)c(OC)c1. The number of aryl methyl sites for hydroxylation is 1. The van der Waals surface area contributed by atoms with Crippen LogP contribution in [0.4, 0.5) is 0 Å². The molecule has 3 rings (SSSR count). The molecular formula is C21H32N6O2. The Labute approximate surface area is 172 Å². The van der Waals surface area contributed by atoms with Gasteiger partial charge in [0, 0.05) is 38.3 Å². The topological polar surface area (TPSA) is 76.8 Å². The smallest absolute Gasteiger partial charge is 0.194 e. The van der Waals surface area contributed by atoms with Crippen LogP contribution in [0.2, 0.25) is 0 Å². The number of guanidine groups is 1. The van der Waals surface area contributed by atoms with Crippen LogP contribution in [0.5, 0.6) is 11.5 Å². The zero-order chi connectivity index (χ0) is 20.8. The lowest BCUT2D eigenvalue weighted by atomic mass is 10.2. The highest BCUT2D eigenvalue weighted by Crippen LogP contribution is 2.26. The quantitative estimate of drug-likeness (QED) is 0.569. The molecule has 0 aliphatic heterocycles.